The summed E-state index contributed by atoms with van der Waals surface area (Å²) in [5.41, 5.74) is 2.30. The number of methoxy groups -OCH3 is 1. The Labute approximate surface area is 109 Å². The van der Waals surface area contributed by atoms with E-state index in [1.807, 2.05) is 6.07 Å². The molecule has 0 aliphatic carbocycles. The Bertz CT molecular complexity index is 377. The van der Waals surface area contributed by atoms with Crippen molar-refractivity contribution in [1.82, 2.24) is 5.32 Å². The Kier molecular flexibility index (Phi) is 7.30. The molecule has 0 atom stereocenters. The van der Waals surface area contributed by atoms with Gasteiger partial charge in [0.25, 0.3) is 0 Å². The zero-order chi connectivity index (χ0) is 13.2. The fourth-order valence-electron chi connectivity index (χ4n) is 1.76. The van der Waals surface area contributed by atoms with Crippen LogP contribution in [0.3, 0.4) is 0 Å². The number of allylic oxidation sites excluding steroid dienone is 1. The molecule has 0 amide bonds. The second-order valence-electron chi connectivity index (χ2n) is 4.39. The molecule has 1 aromatic carbocycles. The molecule has 3 heteroatoms. The lowest BCUT2D eigenvalue weighted by Crippen LogP contribution is -2.19. The van der Waals surface area contributed by atoms with Crippen LogP contribution in [0.25, 0.3) is 0 Å². The molecule has 1 aromatic rings. The van der Waals surface area contributed by atoms with Crippen molar-refractivity contribution in [2.75, 3.05) is 26.8 Å². The van der Waals surface area contributed by atoms with Gasteiger partial charge >= 0.3 is 0 Å². The maximum atomic E-state index is 13.0. The van der Waals surface area contributed by atoms with E-state index in [0.717, 1.165) is 38.1 Å². The second-order valence-corrected chi connectivity index (χ2v) is 4.39. The van der Waals surface area contributed by atoms with E-state index in [1.165, 1.54) is 11.6 Å². The number of hydrogen-bond acceptors (Lipinski definition) is 2. The SMILES string of the molecule is COCCNCC/C=C(/C)Cc1cccc(F)c1. The highest BCUT2D eigenvalue weighted by Crippen LogP contribution is 2.09. The Morgan fingerprint density at radius 3 is 2.94 bits per heavy atom. The molecule has 18 heavy (non-hydrogen) atoms. The van der Waals surface area contributed by atoms with Crippen LogP contribution in [0, 0.1) is 5.82 Å². The average molecular weight is 251 g/mol. The molecule has 0 fully saturated rings. The minimum atomic E-state index is -0.165. The number of rotatable bonds is 8. The summed E-state index contributed by atoms with van der Waals surface area (Å²) in [6.45, 7) is 4.66. The minimum absolute atomic E-state index is 0.165. The average Bonchev–Trinajstić information content (AvgIpc) is 2.33. The number of ether oxygens (including phenoxy) is 1. The summed E-state index contributed by atoms with van der Waals surface area (Å²) < 4.78 is 17.9. The third kappa shape index (κ3) is 6.52. The lowest BCUT2D eigenvalue weighted by atomic mass is 10.1. The van der Waals surface area contributed by atoms with E-state index in [0.29, 0.717) is 0 Å². The van der Waals surface area contributed by atoms with E-state index < -0.39 is 0 Å². The summed E-state index contributed by atoms with van der Waals surface area (Å²) in [6.07, 6.45) is 4.01. The van der Waals surface area contributed by atoms with Gasteiger partial charge in [0, 0.05) is 13.7 Å². The van der Waals surface area contributed by atoms with Gasteiger partial charge in [0.05, 0.1) is 6.61 Å². The van der Waals surface area contributed by atoms with Crippen molar-refractivity contribution in [2.45, 2.75) is 19.8 Å². The van der Waals surface area contributed by atoms with Crippen molar-refractivity contribution in [3.63, 3.8) is 0 Å². The van der Waals surface area contributed by atoms with Gasteiger partial charge in [0.2, 0.25) is 0 Å². The third-order valence-electron chi connectivity index (χ3n) is 2.67. The van der Waals surface area contributed by atoms with Crippen LogP contribution in [0.2, 0.25) is 0 Å². The first-order valence-corrected chi connectivity index (χ1v) is 6.32. The summed E-state index contributed by atoms with van der Waals surface area (Å²) in [7, 11) is 1.70. The smallest absolute Gasteiger partial charge is 0.123 e. The molecule has 1 rings (SSSR count). The molecule has 1 N–H and O–H groups in total. The van der Waals surface area contributed by atoms with Crippen LogP contribution < -0.4 is 5.32 Å². The first-order chi connectivity index (χ1) is 8.72. The molecule has 0 spiro atoms. The third-order valence-corrected chi connectivity index (χ3v) is 2.67. The van der Waals surface area contributed by atoms with E-state index in [1.54, 1.807) is 19.2 Å². The lowest BCUT2D eigenvalue weighted by Gasteiger charge is -2.04. The van der Waals surface area contributed by atoms with Crippen molar-refractivity contribution in [2.24, 2.45) is 0 Å². The monoisotopic (exact) mass is 251 g/mol. The van der Waals surface area contributed by atoms with Gasteiger partial charge in [0.15, 0.2) is 0 Å². The molecular formula is C15H22FNO. The van der Waals surface area contributed by atoms with Gasteiger partial charge in [0.1, 0.15) is 5.82 Å². The zero-order valence-corrected chi connectivity index (χ0v) is 11.2. The lowest BCUT2D eigenvalue weighted by molar-refractivity contribution is 0.199. The molecule has 0 aliphatic heterocycles. The van der Waals surface area contributed by atoms with Gasteiger partial charge in [-0.3, -0.25) is 0 Å². The van der Waals surface area contributed by atoms with E-state index in [9.17, 15) is 4.39 Å². The molecule has 0 aliphatic rings. The summed E-state index contributed by atoms with van der Waals surface area (Å²) in [5.74, 6) is -0.165. The highest BCUT2D eigenvalue weighted by Gasteiger charge is 1.96. The Hall–Kier alpha value is -1.19. The van der Waals surface area contributed by atoms with Gasteiger partial charge in [-0.05, 0) is 44.0 Å². The largest absolute Gasteiger partial charge is 0.383 e. The van der Waals surface area contributed by atoms with Crippen LogP contribution in [0.15, 0.2) is 35.9 Å². The summed E-state index contributed by atoms with van der Waals surface area (Å²) >= 11 is 0. The van der Waals surface area contributed by atoms with Gasteiger partial charge in [-0.15, -0.1) is 0 Å². The number of halogens is 1. The van der Waals surface area contributed by atoms with E-state index >= 15 is 0 Å². The second kappa shape index (κ2) is 8.84. The molecular weight excluding hydrogens is 229 g/mol. The maximum absolute atomic E-state index is 13.0. The van der Waals surface area contributed by atoms with Crippen LogP contribution >= 0.6 is 0 Å². The standard InChI is InChI=1S/C15H22FNO/c1-13(5-4-8-17-9-10-18-2)11-14-6-3-7-15(16)12-14/h3,5-7,12,17H,4,8-11H2,1-2H3/b13-5-. The summed E-state index contributed by atoms with van der Waals surface area (Å²) in [6, 6.07) is 6.78. The highest BCUT2D eigenvalue weighted by atomic mass is 19.1. The quantitative estimate of drug-likeness (QED) is 0.566. The van der Waals surface area contributed by atoms with Crippen molar-refractivity contribution in [1.29, 1.82) is 0 Å². The van der Waals surface area contributed by atoms with Crippen LogP contribution in [-0.4, -0.2) is 26.8 Å². The van der Waals surface area contributed by atoms with E-state index in [-0.39, 0.29) is 5.82 Å². The van der Waals surface area contributed by atoms with Gasteiger partial charge < -0.3 is 10.1 Å². The molecule has 0 aromatic heterocycles. The van der Waals surface area contributed by atoms with Crippen molar-refractivity contribution < 1.29 is 9.13 Å². The van der Waals surface area contributed by atoms with Crippen molar-refractivity contribution >= 4 is 0 Å². The Balaban J connectivity index is 2.25. The predicted molar refractivity (Wildman–Crippen MR) is 73.2 cm³/mol. The van der Waals surface area contributed by atoms with E-state index in [2.05, 4.69) is 18.3 Å². The first kappa shape index (κ1) is 14.9. The topological polar surface area (TPSA) is 21.3 Å². The maximum Gasteiger partial charge on any atom is 0.123 e. The van der Waals surface area contributed by atoms with Crippen LogP contribution in [0.5, 0.6) is 0 Å². The van der Waals surface area contributed by atoms with Gasteiger partial charge in [-0.25, -0.2) is 4.39 Å². The highest BCUT2D eigenvalue weighted by molar-refractivity contribution is 5.21. The Morgan fingerprint density at radius 2 is 2.22 bits per heavy atom. The zero-order valence-electron chi connectivity index (χ0n) is 11.2. The fraction of sp³-hybridized carbons (Fsp3) is 0.467. The number of hydrogen-bond donors (Lipinski definition) is 1. The fourth-order valence-corrected chi connectivity index (χ4v) is 1.76. The molecule has 0 saturated carbocycles. The molecule has 100 valence electrons. The molecule has 0 bridgehead atoms. The molecule has 0 heterocycles. The molecule has 0 unspecified atom stereocenters. The first-order valence-electron chi connectivity index (χ1n) is 6.32. The van der Waals surface area contributed by atoms with Gasteiger partial charge in [-0.2, -0.15) is 0 Å². The van der Waals surface area contributed by atoms with Crippen LogP contribution in [0.1, 0.15) is 18.9 Å². The molecule has 0 saturated heterocycles. The number of benzene rings is 1. The van der Waals surface area contributed by atoms with Crippen molar-refractivity contribution in [3.05, 3.63) is 47.3 Å². The molecule has 2 nitrogen and oxygen atoms in total. The van der Waals surface area contributed by atoms with Crippen LogP contribution in [0.4, 0.5) is 4.39 Å². The Morgan fingerprint density at radius 1 is 1.39 bits per heavy atom. The van der Waals surface area contributed by atoms with Crippen molar-refractivity contribution in [3.8, 4) is 0 Å². The summed E-state index contributed by atoms with van der Waals surface area (Å²) in [5, 5.41) is 3.29. The normalized spacial score (nSPS) is 11.8. The van der Waals surface area contributed by atoms with Crippen LogP contribution in [-0.2, 0) is 11.2 Å². The van der Waals surface area contributed by atoms with E-state index in [4.69, 9.17) is 4.74 Å². The molecule has 0 radical (unpaired) electrons. The van der Waals surface area contributed by atoms with Gasteiger partial charge in [-0.1, -0.05) is 23.8 Å². The predicted octanol–water partition coefficient (Wildman–Crippen LogP) is 2.94. The summed E-state index contributed by atoms with van der Waals surface area (Å²) in [4.78, 5) is 0. The number of nitrogens with one attached hydrogen (secondary N) is 1. The minimum Gasteiger partial charge on any atom is -0.383 e.